The summed E-state index contributed by atoms with van der Waals surface area (Å²) >= 11 is 0. The van der Waals surface area contributed by atoms with Crippen molar-refractivity contribution in [1.29, 1.82) is 0 Å². The second kappa shape index (κ2) is 13.0. The summed E-state index contributed by atoms with van der Waals surface area (Å²) in [6, 6.07) is 9.31. The van der Waals surface area contributed by atoms with Crippen LogP contribution in [0.2, 0.25) is 43.8 Å². The molecule has 0 aromatic heterocycles. The van der Waals surface area contributed by atoms with Crippen molar-refractivity contribution < 1.29 is 18.6 Å². The van der Waals surface area contributed by atoms with Crippen molar-refractivity contribution in [2.75, 3.05) is 20.3 Å². The Morgan fingerprint density at radius 2 is 1.71 bits per heavy atom. The molecule has 0 amide bonds. The maximum atomic E-state index is 6.73. The van der Waals surface area contributed by atoms with Crippen LogP contribution >= 0.6 is 0 Å². The molecule has 1 aromatic carbocycles. The Morgan fingerprint density at radius 1 is 1.06 bits per heavy atom. The first-order valence-corrected chi connectivity index (χ1v) is 20.0. The van der Waals surface area contributed by atoms with E-state index in [1.165, 1.54) is 17.2 Å². The highest BCUT2D eigenvalue weighted by atomic mass is 28.4. The minimum atomic E-state index is -1.74. The Hall–Kier alpha value is -0.926. The summed E-state index contributed by atoms with van der Waals surface area (Å²) in [4.78, 5) is 0. The van der Waals surface area contributed by atoms with Gasteiger partial charge in [-0.1, -0.05) is 65.5 Å². The standard InChI is InChI=1S/C29H52O4Si2/c1-23(20-31-21-24-11-14-26(30-5)15-12-24)19-27-16-13-25(22-34(6,7)8)28(33-27)17-18-32-35(9,10)29(2,3)4/h11-15,23,27-28H,16-22H2,1-10H3/t23-,27+,28-/m1/s1. The van der Waals surface area contributed by atoms with E-state index in [0.717, 1.165) is 38.2 Å². The molecule has 0 N–H and O–H groups in total. The molecule has 0 saturated carbocycles. The van der Waals surface area contributed by atoms with Crippen molar-refractivity contribution in [2.24, 2.45) is 5.92 Å². The molecule has 0 spiro atoms. The zero-order valence-corrected chi connectivity index (χ0v) is 26.2. The molecule has 0 aliphatic carbocycles. The number of ether oxygens (including phenoxy) is 3. The molecule has 1 aliphatic rings. The van der Waals surface area contributed by atoms with Gasteiger partial charge in [-0.25, -0.2) is 0 Å². The molecule has 0 radical (unpaired) electrons. The zero-order chi connectivity index (χ0) is 26.3. The molecule has 35 heavy (non-hydrogen) atoms. The summed E-state index contributed by atoms with van der Waals surface area (Å²) in [6.45, 7) is 23.4. The third-order valence-corrected chi connectivity index (χ3v) is 13.3. The van der Waals surface area contributed by atoms with E-state index in [2.05, 4.69) is 78.6 Å². The van der Waals surface area contributed by atoms with Crippen LogP contribution in [0.1, 0.15) is 52.5 Å². The van der Waals surface area contributed by atoms with E-state index in [9.17, 15) is 0 Å². The van der Waals surface area contributed by atoms with Gasteiger partial charge in [0.15, 0.2) is 8.32 Å². The van der Waals surface area contributed by atoms with Crippen LogP contribution in [-0.2, 0) is 20.5 Å². The van der Waals surface area contributed by atoms with Crippen LogP contribution in [0.15, 0.2) is 35.9 Å². The highest BCUT2D eigenvalue weighted by Gasteiger charge is 2.37. The van der Waals surface area contributed by atoms with Crippen molar-refractivity contribution in [3.05, 3.63) is 41.5 Å². The molecule has 0 bridgehead atoms. The summed E-state index contributed by atoms with van der Waals surface area (Å²) in [5.74, 6) is 1.33. The quantitative estimate of drug-likeness (QED) is 0.195. The summed E-state index contributed by atoms with van der Waals surface area (Å²) in [7, 11) is -1.26. The molecule has 3 atom stereocenters. The van der Waals surface area contributed by atoms with E-state index < -0.39 is 16.4 Å². The molecule has 1 aliphatic heterocycles. The molecule has 0 fully saturated rings. The van der Waals surface area contributed by atoms with E-state index in [4.69, 9.17) is 18.6 Å². The van der Waals surface area contributed by atoms with Gasteiger partial charge in [-0.05, 0) is 72.6 Å². The van der Waals surface area contributed by atoms with Crippen molar-refractivity contribution >= 4 is 16.4 Å². The van der Waals surface area contributed by atoms with Crippen LogP contribution < -0.4 is 4.74 Å². The molecule has 2 rings (SSSR count). The van der Waals surface area contributed by atoms with Gasteiger partial charge in [0.25, 0.3) is 0 Å². The van der Waals surface area contributed by atoms with Crippen LogP contribution in [0, 0.1) is 5.92 Å². The van der Waals surface area contributed by atoms with E-state index >= 15 is 0 Å². The summed E-state index contributed by atoms with van der Waals surface area (Å²) in [5.41, 5.74) is 2.69. The molecule has 6 heteroatoms. The van der Waals surface area contributed by atoms with Crippen LogP contribution in [0.25, 0.3) is 0 Å². The van der Waals surface area contributed by atoms with Gasteiger partial charge < -0.3 is 18.6 Å². The van der Waals surface area contributed by atoms with Crippen molar-refractivity contribution in [3.63, 3.8) is 0 Å². The van der Waals surface area contributed by atoms with Crippen molar-refractivity contribution in [2.45, 2.75) is 110 Å². The first-order chi connectivity index (χ1) is 16.2. The maximum Gasteiger partial charge on any atom is 0.191 e. The fourth-order valence-corrected chi connectivity index (χ4v) is 6.91. The van der Waals surface area contributed by atoms with Crippen molar-refractivity contribution in [3.8, 4) is 5.75 Å². The third kappa shape index (κ3) is 10.5. The Bertz CT molecular complexity index is 790. The molecule has 1 aromatic rings. The van der Waals surface area contributed by atoms with Crippen LogP contribution in [0.4, 0.5) is 0 Å². The lowest BCUT2D eigenvalue weighted by molar-refractivity contribution is -0.0294. The molecule has 200 valence electrons. The Kier molecular flexibility index (Phi) is 11.3. The van der Waals surface area contributed by atoms with E-state index in [-0.39, 0.29) is 17.2 Å². The highest BCUT2D eigenvalue weighted by molar-refractivity contribution is 6.76. The number of rotatable bonds is 13. The number of hydrogen-bond acceptors (Lipinski definition) is 4. The topological polar surface area (TPSA) is 36.9 Å². The average Bonchev–Trinajstić information content (AvgIpc) is 2.74. The van der Waals surface area contributed by atoms with E-state index in [1.54, 1.807) is 7.11 Å². The minimum absolute atomic E-state index is 0.192. The predicted molar refractivity (Wildman–Crippen MR) is 154 cm³/mol. The first kappa shape index (κ1) is 30.3. The SMILES string of the molecule is COc1ccc(COC[C@H](C)C[C@@H]2CC=C(C[Si](C)(C)C)[C@@H](CCO[Si](C)(C)C(C)(C)C)O2)cc1. The van der Waals surface area contributed by atoms with Gasteiger partial charge in [-0.3, -0.25) is 0 Å². The largest absolute Gasteiger partial charge is 0.497 e. The summed E-state index contributed by atoms with van der Waals surface area (Å²) in [6.07, 6.45) is 5.95. The fraction of sp³-hybridized carbons (Fsp3) is 0.724. The fourth-order valence-electron chi connectivity index (χ4n) is 4.25. The second-order valence-electron chi connectivity index (χ2n) is 13.1. The molecule has 0 saturated heterocycles. The minimum Gasteiger partial charge on any atom is -0.497 e. The summed E-state index contributed by atoms with van der Waals surface area (Å²) in [5, 5.41) is 0.237. The lowest BCUT2D eigenvalue weighted by atomic mass is 9.96. The van der Waals surface area contributed by atoms with E-state index in [1.807, 2.05) is 12.1 Å². The van der Waals surface area contributed by atoms with Crippen molar-refractivity contribution in [1.82, 2.24) is 0 Å². The predicted octanol–water partition coefficient (Wildman–Crippen LogP) is 8.07. The molecule has 0 unspecified atom stereocenters. The average molecular weight is 521 g/mol. The lowest BCUT2D eigenvalue weighted by Crippen LogP contribution is -2.42. The third-order valence-electron chi connectivity index (χ3n) is 7.29. The number of methoxy groups -OCH3 is 1. The van der Waals surface area contributed by atoms with Gasteiger partial charge >= 0.3 is 0 Å². The van der Waals surface area contributed by atoms with Gasteiger partial charge in [0.1, 0.15) is 5.75 Å². The Balaban J connectivity index is 1.88. The summed E-state index contributed by atoms with van der Waals surface area (Å²) < 4.78 is 24.5. The molecule has 1 heterocycles. The maximum absolute atomic E-state index is 6.73. The van der Waals surface area contributed by atoms with Gasteiger partial charge in [-0.2, -0.15) is 0 Å². The molecular formula is C29H52O4Si2. The molecule has 4 nitrogen and oxygen atoms in total. The number of benzene rings is 1. The van der Waals surface area contributed by atoms with Gasteiger partial charge in [-0.15, -0.1) is 0 Å². The van der Waals surface area contributed by atoms with Crippen LogP contribution in [0.3, 0.4) is 0 Å². The lowest BCUT2D eigenvalue weighted by Gasteiger charge is -2.38. The van der Waals surface area contributed by atoms with Gasteiger partial charge in [0.2, 0.25) is 0 Å². The first-order valence-electron chi connectivity index (χ1n) is 13.4. The number of hydrogen-bond donors (Lipinski definition) is 0. The van der Waals surface area contributed by atoms with E-state index in [0.29, 0.717) is 12.5 Å². The second-order valence-corrected chi connectivity index (χ2v) is 23.4. The zero-order valence-electron chi connectivity index (χ0n) is 24.2. The monoisotopic (exact) mass is 520 g/mol. The van der Waals surface area contributed by atoms with Gasteiger partial charge in [0.05, 0.1) is 25.9 Å². The van der Waals surface area contributed by atoms with Crippen LogP contribution in [-0.4, -0.2) is 48.9 Å². The smallest absolute Gasteiger partial charge is 0.191 e. The Morgan fingerprint density at radius 3 is 2.29 bits per heavy atom. The highest BCUT2D eigenvalue weighted by Crippen LogP contribution is 2.37. The molecular weight excluding hydrogens is 468 g/mol. The normalized spacial score (nSPS) is 20.5. The van der Waals surface area contributed by atoms with Gasteiger partial charge in [0, 0.05) is 21.3 Å². The van der Waals surface area contributed by atoms with Crippen LogP contribution in [0.5, 0.6) is 5.75 Å². The Labute approximate surface area is 217 Å².